The van der Waals surface area contributed by atoms with E-state index < -0.39 is 5.54 Å². The van der Waals surface area contributed by atoms with Gasteiger partial charge in [0.2, 0.25) is 0 Å². The number of fused-ring (bicyclic) bond motifs is 1. The molecule has 0 atom stereocenters. The molecule has 182 valence electrons. The van der Waals surface area contributed by atoms with Crippen molar-refractivity contribution in [2.75, 3.05) is 11.9 Å². The van der Waals surface area contributed by atoms with Crippen LogP contribution in [0.4, 0.5) is 10.2 Å². The number of aromatic nitrogens is 4. The van der Waals surface area contributed by atoms with Gasteiger partial charge in [-0.2, -0.15) is 5.10 Å². The molecule has 0 radical (unpaired) electrons. The van der Waals surface area contributed by atoms with E-state index in [1.54, 1.807) is 41.2 Å². The van der Waals surface area contributed by atoms with E-state index in [0.717, 1.165) is 0 Å². The van der Waals surface area contributed by atoms with E-state index in [2.05, 4.69) is 15.4 Å². The van der Waals surface area contributed by atoms with Crippen LogP contribution in [-0.2, 0) is 6.54 Å². The first kappa shape index (κ1) is 23.5. The monoisotopic (exact) mass is 497 g/mol. The minimum absolute atomic E-state index is 0.105. The molecule has 3 aromatic heterocycles. The summed E-state index contributed by atoms with van der Waals surface area (Å²) in [4.78, 5) is 17.7. The van der Waals surface area contributed by atoms with Gasteiger partial charge in [0.15, 0.2) is 0 Å². The quantitative estimate of drug-likeness (QED) is 0.376. The molecule has 0 saturated heterocycles. The van der Waals surface area contributed by atoms with Gasteiger partial charge in [-0.25, -0.2) is 9.37 Å². The molecule has 1 fully saturated rings. The van der Waals surface area contributed by atoms with Crippen LogP contribution in [-0.4, -0.2) is 47.8 Å². The van der Waals surface area contributed by atoms with Gasteiger partial charge < -0.3 is 15.5 Å². The maximum Gasteiger partial charge on any atom is 0.266 e. The van der Waals surface area contributed by atoms with Crippen molar-refractivity contribution in [2.24, 2.45) is 0 Å². The van der Waals surface area contributed by atoms with Crippen LogP contribution in [0.25, 0.3) is 16.6 Å². The minimum atomic E-state index is -0.597. The average Bonchev–Trinajstić information content (AvgIpc) is 3.27. The third-order valence-corrected chi connectivity index (χ3v) is 6.98. The van der Waals surface area contributed by atoms with E-state index in [9.17, 15) is 19.4 Å². The normalized spacial score (nSPS) is 20.3. The van der Waals surface area contributed by atoms with Gasteiger partial charge in [-0.1, -0.05) is 29.8 Å². The molecule has 0 aliphatic heterocycles. The van der Waals surface area contributed by atoms with Crippen LogP contribution < -0.4 is 10.9 Å². The zero-order valence-corrected chi connectivity index (χ0v) is 19.6. The standard InChI is InChI=1S/C25H25ClFN5O3/c26-19-13-28-23(30-25(15-33)8-5-17(34)6-9-25)11-22(19)31-10-7-21-18(24(31)35)12-29-32(21)14-16-3-1-2-4-20(16)27/h1-4,7,10-13,17,33-34H,5-6,8-9,14-15H2,(H,28,30). The number of aliphatic hydroxyl groups excluding tert-OH is 2. The zero-order valence-electron chi connectivity index (χ0n) is 18.9. The Labute approximate surface area is 205 Å². The van der Waals surface area contributed by atoms with Gasteiger partial charge in [-0.15, -0.1) is 0 Å². The predicted octanol–water partition coefficient (Wildman–Crippen LogP) is 3.50. The Balaban J connectivity index is 1.48. The topological polar surface area (TPSA) is 105 Å². The minimum Gasteiger partial charge on any atom is -0.394 e. The lowest BCUT2D eigenvalue weighted by Gasteiger charge is -2.38. The molecule has 3 heterocycles. The second-order valence-corrected chi connectivity index (χ2v) is 9.41. The van der Waals surface area contributed by atoms with Gasteiger partial charge in [-0.05, 0) is 37.8 Å². The highest BCUT2D eigenvalue weighted by Gasteiger charge is 2.34. The van der Waals surface area contributed by atoms with Crippen LogP contribution in [0.5, 0.6) is 0 Å². The van der Waals surface area contributed by atoms with E-state index in [0.29, 0.717) is 53.7 Å². The van der Waals surface area contributed by atoms with E-state index in [1.165, 1.54) is 23.0 Å². The second-order valence-electron chi connectivity index (χ2n) is 9.00. The summed E-state index contributed by atoms with van der Waals surface area (Å²) in [5, 5.41) is 28.1. The first-order chi connectivity index (χ1) is 16.9. The molecule has 8 nitrogen and oxygen atoms in total. The van der Waals surface area contributed by atoms with Gasteiger partial charge >= 0.3 is 0 Å². The fourth-order valence-corrected chi connectivity index (χ4v) is 4.81. The number of aliphatic hydroxyl groups is 2. The van der Waals surface area contributed by atoms with Crippen molar-refractivity contribution in [3.8, 4) is 5.69 Å². The van der Waals surface area contributed by atoms with Crippen LogP contribution in [0.2, 0.25) is 5.02 Å². The summed E-state index contributed by atoms with van der Waals surface area (Å²) in [6.07, 6.45) is 6.53. The lowest BCUT2D eigenvalue weighted by molar-refractivity contribution is 0.0793. The molecule has 1 aromatic carbocycles. The number of nitrogens with one attached hydrogen (secondary N) is 1. The molecule has 0 unspecified atom stereocenters. The number of nitrogens with zero attached hydrogens (tertiary/aromatic N) is 4. The van der Waals surface area contributed by atoms with Gasteiger partial charge in [-0.3, -0.25) is 14.0 Å². The molecule has 0 spiro atoms. The molecule has 1 saturated carbocycles. The number of hydrogen-bond acceptors (Lipinski definition) is 6. The third-order valence-electron chi connectivity index (χ3n) is 6.69. The Morgan fingerprint density at radius 1 is 1.20 bits per heavy atom. The smallest absolute Gasteiger partial charge is 0.266 e. The van der Waals surface area contributed by atoms with Gasteiger partial charge in [0.1, 0.15) is 11.6 Å². The van der Waals surface area contributed by atoms with Crippen LogP contribution >= 0.6 is 11.6 Å². The van der Waals surface area contributed by atoms with Gasteiger partial charge in [0, 0.05) is 17.8 Å². The Bertz CT molecular complexity index is 1430. The molecular formula is C25H25ClFN5O3. The summed E-state index contributed by atoms with van der Waals surface area (Å²) >= 11 is 6.42. The van der Waals surface area contributed by atoms with Crippen LogP contribution in [0.15, 0.2) is 59.8 Å². The molecule has 5 rings (SSSR count). The number of pyridine rings is 2. The van der Waals surface area contributed by atoms with E-state index >= 15 is 0 Å². The highest BCUT2D eigenvalue weighted by atomic mass is 35.5. The number of benzene rings is 1. The van der Waals surface area contributed by atoms with Crippen LogP contribution in [0.1, 0.15) is 31.2 Å². The van der Waals surface area contributed by atoms with E-state index in [-0.39, 0.29) is 35.7 Å². The molecule has 4 aromatic rings. The first-order valence-electron chi connectivity index (χ1n) is 11.4. The van der Waals surface area contributed by atoms with Gasteiger partial charge in [0.25, 0.3) is 5.56 Å². The number of anilines is 1. The molecule has 10 heteroatoms. The lowest BCUT2D eigenvalue weighted by atomic mass is 9.81. The maximum absolute atomic E-state index is 14.1. The molecule has 1 aliphatic carbocycles. The van der Waals surface area contributed by atoms with E-state index in [1.807, 2.05) is 0 Å². The molecule has 1 aliphatic rings. The average molecular weight is 498 g/mol. The molecule has 3 N–H and O–H groups in total. The molecule has 0 amide bonds. The van der Waals surface area contributed by atoms with Crippen molar-refractivity contribution in [3.63, 3.8) is 0 Å². The molecule has 35 heavy (non-hydrogen) atoms. The second kappa shape index (κ2) is 9.41. The zero-order chi connectivity index (χ0) is 24.6. The van der Waals surface area contributed by atoms with Crippen molar-refractivity contribution in [2.45, 2.75) is 43.9 Å². The Kier molecular flexibility index (Phi) is 6.31. The van der Waals surface area contributed by atoms with Crippen molar-refractivity contribution < 1.29 is 14.6 Å². The Morgan fingerprint density at radius 3 is 2.71 bits per heavy atom. The summed E-state index contributed by atoms with van der Waals surface area (Å²) in [6, 6.07) is 9.86. The number of hydrogen-bond donors (Lipinski definition) is 3. The van der Waals surface area contributed by atoms with Crippen molar-refractivity contribution in [1.29, 1.82) is 0 Å². The fourth-order valence-electron chi connectivity index (χ4n) is 4.61. The lowest BCUT2D eigenvalue weighted by Crippen LogP contribution is -2.46. The SMILES string of the molecule is O=c1c2cnn(Cc3ccccc3F)c2ccn1-c1cc(NC2(CO)CCC(O)CC2)ncc1Cl. The Hall–Kier alpha value is -3.27. The van der Waals surface area contributed by atoms with Crippen molar-refractivity contribution >= 4 is 28.3 Å². The molecule has 0 bridgehead atoms. The summed E-state index contributed by atoms with van der Waals surface area (Å²) in [5.74, 6) is 0.137. The van der Waals surface area contributed by atoms with E-state index in [4.69, 9.17) is 11.6 Å². The summed E-state index contributed by atoms with van der Waals surface area (Å²) in [7, 11) is 0. The predicted molar refractivity (Wildman–Crippen MR) is 132 cm³/mol. The third kappa shape index (κ3) is 4.54. The fraction of sp³-hybridized carbons (Fsp3) is 0.320. The highest BCUT2D eigenvalue weighted by molar-refractivity contribution is 6.32. The van der Waals surface area contributed by atoms with Crippen LogP contribution in [0, 0.1) is 5.82 Å². The maximum atomic E-state index is 14.1. The van der Waals surface area contributed by atoms with Crippen LogP contribution in [0.3, 0.4) is 0 Å². The number of halogens is 2. The summed E-state index contributed by atoms with van der Waals surface area (Å²) in [5.41, 5.74) is 0.571. The van der Waals surface area contributed by atoms with Gasteiger partial charge in [0.05, 0.1) is 58.8 Å². The Morgan fingerprint density at radius 2 is 1.97 bits per heavy atom. The first-order valence-corrected chi connectivity index (χ1v) is 11.8. The number of rotatable bonds is 6. The van der Waals surface area contributed by atoms with Crippen molar-refractivity contribution in [1.82, 2.24) is 19.3 Å². The summed E-state index contributed by atoms with van der Waals surface area (Å²) < 4.78 is 17.1. The molecular weight excluding hydrogens is 473 g/mol. The largest absolute Gasteiger partial charge is 0.394 e. The summed E-state index contributed by atoms with van der Waals surface area (Å²) in [6.45, 7) is 0.0914. The van der Waals surface area contributed by atoms with Crippen molar-refractivity contribution in [3.05, 3.63) is 81.7 Å². The highest BCUT2D eigenvalue weighted by Crippen LogP contribution is 2.32.